The third-order valence-electron chi connectivity index (χ3n) is 5.38. The SMILES string of the molecule is CC(C)(C)[N-]C(C)(C)c1ccccc1C1c2ccccc2-c2ccccc21.[Cl-].[Cl-].[Ti+3]. The van der Waals surface area contributed by atoms with Gasteiger partial charge in [-0.05, 0) is 27.8 Å². The van der Waals surface area contributed by atoms with Gasteiger partial charge in [-0.2, -0.15) is 0 Å². The number of benzene rings is 3. The maximum atomic E-state index is 5.16. The normalized spacial score (nSPS) is 12.7. The van der Waals surface area contributed by atoms with E-state index in [0.29, 0.717) is 0 Å². The second-order valence-corrected chi connectivity index (χ2v) is 9.04. The van der Waals surface area contributed by atoms with E-state index in [2.05, 4.69) is 107 Å². The first kappa shape index (κ1) is 26.9. The first-order valence-corrected chi connectivity index (χ1v) is 9.80. The number of halogens is 2. The summed E-state index contributed by atoms with van der Waals surface area (Å²) in [6, 6.07) is 26.5. The van der Waals surface area contributed by atoms with Gasteiger partial charge in [0.05, 0.1) is 0 Å². The van der Waals surface area contributed by atoms with Crippen LogP contribution in [0.1, 0.15) is 62.8 Å². The van der Waals surface area contributed by atoms with Gasteiger partial charge in [-0.1, -0.05) is 113 Å². The van der Waals surface area contributed by atoms with Crippen LogP contribution in [-0.2, 0) is 27.3 Å². The van der Waals surface area contributed by atoms with Gasteiger partial charge in [0.1, 0.15) is 0 Å². The van der Waals surface area contributed by atoms with Gasteiger partial charge in [-0.15, -0.1) is 11.1 Å². The van der Waals surface area contributed by atoms with Crippen LogP contribution in [0.25, 0.3) is 16.4 Å². The average Bonchev–Trinajstić information content (AvgIpc) is 2.94. The zero-order chi connectivity index (χ0) is 19.2. The van der Waals surface area contributed by atoms with Gasteiger partial charge in [-0.3, -0.25) is 0 Å². The fraction of sp³-hybridized carbons (Fsp3) is 0.308. The minimum Gasteiger partial charge on any atom is -1.00 e. The van der Waals surface area contributed by atoms with Crippen LogP contribution in [0.2, 0.25) is 0 Å². The van der Waals surface area contributed by atoms with Crippen molar-refractivity contribution in [2.45, 2.75) is 51.6 Å². The largest absolute Gasteiger partial charge is 3.00 e. The Labute approximate surface area is 208 Å². The fourth-order valence-corrected chi connectivity index (χ4v) is 4.70. The van der Waals surface area contributed by atoms with Crippen molar-refractivity contribution in [3.05, 3.63) is 100 Å². The van der Waals surface area contributed by atoms with E-state index in [1.54, 1.807) is 0 Å². The van der Waals surface area contributed by atoms with Crippen molar-refractivity contribution >= 4 is 0 Å². The summed E-state index contributed by atoms with van der Waals surface area (Å²) in [5, 5.41) is 5.16. The fourth-order valence-electron chi connectivity index (χ4n) is 4.70. The molecule has 0 atom stereocenters. The number of hydrogen-bond donors (Lipinski definition) is 0. The molecule has 0 bridgehead atoms. The smallest absolute Gasteiger partial charge is 1.00 e. The molecule has 0 heterocycles. The Hall–Kier alpha value is -1.09. The van der Waals surface area contributed by atoms with Crippen molar-refractivity contribution in [3.63, 3.8) is 0 Å². The molecule has 1 aliphatic rings. The molecule has 3 aromatic carbocycles. The van der Waals surface area contributed by atoms with E-state index in [-0.39, 0.29) is 63.5 Å². The molecule has 4 rings (SSSR count). The topological polar surface area (TPSA) is 14.1 Å². The van der Waals surface area contributed by atoms with Gasteiger partial charge in [0.15, 0.2) is 0 Å². The maximum Gasteiger partial charge on any atom is 3.00 e. The van der Waals surface area contributed by atoms with Crippen LogP contribution in [0.4, 0.5) is 0 Å². The van der Waals surface area contributed by atoms with Crippen LogP contribution >= 0.6 is 0 Å². The Morgan fingerprint density at radius 2 is 1.00 bits per heavy atom. The Balaban J connectivity index is 0.00000150. The van der Waals surface area contributed by atoms with E-state index in [4.69, 9.17) is 5.32 Å². The van der Waals surface area contributed by atoms with E-state index in [1.165, 1.54) is 33.4 Å². The predicted molar refractivity (Wildman–Crippen MR) is 115 cm³/mol. The molecule has 1 radical (unpaired) electrons. The van der Waals surface area contributed by atoms with Crippen LogP contribution in [-0.4, -0.2) is 5.54 Å². The summed E-state index contributed by atoms with van der Waals surface area (Å²) >= 11 is 0. The summed E-state index contributed by atoms with van der Waals surface area (Å²) in [6.45, 7) is 11.0. The monoisotopic (exact) mass is 472 g/mol. The van der Waals surface area contributed by atoms with Crippen molar-refractivity contribution in [2.75, 3.05) is 0 Å². The van der Waals surface area contributed by atoms with Crippen LogP contribution in [0.3, 0.4) is 0 Å². The van der Waals surface area contributed by atoms with Gasteiger partial charge in [0.2, 0.25) is 0 Å². The number of rotatable bonds is 3. The average molecular weight is 473 g/mol. The molecule has 30 heavy (non-hydrogen) atoms. The van der Waals surface area contributed by atoms with Crippen LogP contribution in [0.15, 0.2) is 72.8 Å². The molecule has 0 N–H and O–H groups in total. The Bertz CT molecular complexity index is 947. The Kier molecular flexibility index (Phi) is 9.00. The summed E-state index contributed by atoms with van der Waals surface area (Å²) in [6.07, 6.45) is 0. The molecule has 1 aliphatic carbocycles. The third-order valence-corrected chi connectivity index (χ3v) is 5.38. The number of fused-ring (bicyclic) bond motifs is 3. The Morgan fingerprint density at radius 3 is 1.47 bits per heavy atom. The van der Waals surface area contributed by atoms with Gasteiger partial charge in [0.25, 0.3) is 0 Å². The molecule has 0 fully saturated rings. The van der Waals surface area contributed by atoms with Crippen molar-refractivity contribution in [1.29, 1.82) is 0 Å². The summed E-state index contributed by atoms with van der Waals surface area (Å²) in [5.74, 6) is 0.267. The minimum atomic E-state index is -0.249. The van der Waals surface area contributed by atoms with E-state index < -0.39 is 0 Å². The van der Waals surface area contributed by atoms with Crippen molar-refractivity contribution in [3.8, 4) is 11.1 Å². The molecule has 0 aromatic heterocycles. The standard InChI is InChI=1S/C26H28N.2ClH.Ti/c1-25(2,3)27-26(4,5)23-17-11-10-16-22(23)24-20-14-8-6-12-18(20)19-13-7-9-15-21(19)24;;;/h6-17,24H,1-5H3;2*1H;/q-1;;;+3/p-2. The van der Waals surface area contributed by atoms with Gasteiger partial charge >= 0.3 is 21.7 Å². The van der Waals surface area contributed by atoms with E-state index >= 15 is 0 Å². The summed E-state index contributed by atoms with van der Waals surface area (Å²) in [7, 11) is 0. The molecule has 0 aliphatic heterocycles. The zero-order valence-electron chi connectivity index (χ0n) is 18.2. The van der Waals surface area contributed by atoms with Crippen molar-refractivity contribution in [2.24, 2.45) is 0 Å². The zero-order valence-corrected chi connectivity index (χ0v) is 21.3. The first-order valence-electron chi connectivity index (χ1n) is 9.80. The molecular formula is C26H28Cl2NTi. The summed E-state index contributed by atoms with van der Waals surface area (Å²) in [5.41, 5.74) is 7.88. The number of hydrogen-bond acceptors (Lipinski definition) is 0. The number of nitrogens with zero attached hydrogens (tertiary/aromatic N) is 1. The van der Waals surface area contributed by atoms with Crippen LogP contribution in [0, 0.1) is 0 Å². The second kappa shape index (κ2) is 10.0. The summed E-state index contributed by atoms with van der Waals surface area (Å²) in [4.78, 5) is 0. The molecule has 0 saturated heterocycles. The van der Waals surface area contributed by atoms with E-state index in [0.717, 1.165) is 0 Å². The van der Waals surface area contributed by atoms with Crippen LogP contribution in [0.5, 0.6) is 0 Å². The van der Waals surface area contributed by atoms with E-state index in [9.17, 15) is 0 Å². The van der Waals surface area contributed by atoms with E-state index in [1.807, 2.05) is 0 Å². The molecule has 4 heteroatoms. The third kappa shape index (κ3) is 5.04. The van der Waals surface area contributed by atoms with Gasteiger partial charge < -0.3 is 30.1 Å². The predicted octanol–water partition coefficient (Wildman–Crippen LogP) is 1.26. The Morgan fingerprint density at radius 1 is 0.600 bits per heavy atom. The second-order valence-electron chi connectivity index (χ2n) is 9.04. The molecule has 0 saturated carbocycles. The van der Waals surface area contributed by atoms with Gasteiger partial charge in [-0.25, -0.2) is 0 Å². The molecule has 0 amide bonds. The minimum absolute atomic E-state index is 0. The summed E-state index contributed by atoms with van der Waals surface area (Å²) < 4.78 is 0. The maximum absolute atomic E-state index is 5.16. The first-order chi connectivity index (χ1) is 12.8. The van der Waals surface area contributed by atoms with Gasteiger partial charge in [0, 0.05) is 5.92 Å². The molecule has 1 nitrogen and oxygen atoms in total. The molecule has 3 aromatic rings. The molecule has 155 valence electrons. The molecule has 0 unspecified atom stereocenters. The molecule has 0 spiro atoms. The quantitative estimate of drug-likeness (QED) is 0.398. The van der Waals surface area contributed by atoms with Crippen LogP contribution < -0.4 is 24.8 Å². The van der Waals surface area contributed by atoms with Crippen molar-refractivity contribution < 1.29 is 46.5 Å². The molecular weight excluding hydrogens is 445 g/mol. The van der Waals surface area contributed by atoms with Crippen molar-refractivity contribution in [1.82, 2.24) is 0 Å².